The number of para-hydroxylation sites is 1. The van der Waals surface area contributed by atoms with E-state index in [0.717, 1.165) is 18.4 Å². The Balaban J connectivity index is 1.92. The maximum Gasteiger partial charge on any atom is 0.275 e. The highest BCUT2D eigenvalue weighted by molar-refractivity contribution is 6.32. The van der Waals surface area contributed by atoms with Crippen molar-refractivity contribution in [2.75, 3.05) is 13.6 Å². The number of carbonyl (C=O) groups excluding carboxylic acids is 2. The minimum atomic E-state index is -0.434. The second kappa shape index (κ2) is 7.27. The van der Waals surface area contributed by atoms with Crippen molar-refractivity contribution in [1.82, 2.24) is 20.0 Å². The van der Waals surface area contributed by atoms with Crippen LogP contribution >= 0.6 is 11.6 Å². The molecule has 0 aliphatic carbocycles. The average Bonchev–Trinajstić information content (AvgIpc) is 3.02. The molecule has 2 aromatic rings. The van der Waals surface area contributed by atoms with Gasteiger partial charge in [0.15, 0.2) is 5.69 Å². The van der Waals surface area contributed by atoms with Crippen LogP contribution in [0.4, 0.5) is 0 Å². The summed E-state index contributed by atoms with van der Waals surface area (Å²) in [6.45, 7) is 2.40. The Morgan fingerprint density at radius 1 is 1.28 bits per heavy atom. The molecule has 1 fully saturated rings. The van der Waals surface area contributed by atoms with Gasteiger partial charge in [0.25, 0.3) is 5.91 Å². The predicted molar refractivity (Wildman–Crippen MR) is 96.1 cm³/mol. The van der Waals surface area contributed by atoms with Crippen molar-refractivity contribution < 1.29 is 9.59 Å². The first-order chi connectivity index (χ1) is 12.0. The third kappa shape index (κ3) is 3.39. The van der Waals surface area contributed by atoms with Crippen LogP contribution in [0.1, 0.15) is 35.3 Å². The van der Waals surface area contributed by atoms with Crippen molar-refractivity contribution in [3.63, 3.8) is 0 Å². The average molecular weight is 361 g/mol. The Labute approximate surface area is 151 Å². The van der Waals surface area contributed by atoms with Gasteiger partial charge < -0.3 is 10.2 Å². The highest BCUT2D eigenvalue weighted by Gasteiger charge is 2.33. The van der Waals surface area contributed by atoms with Crippen molar-refractivity contribution in [3.05, 3.63) is 46.7 Å². The molecule has 2 heterocycles. The molecule has 0 bridgehead atoms. The molecule has 1 aromatic carbocycles. The molecule has 1 unspecified atom stereocenters. The minimum absolute atomic E-state index is 0.128. The van der Waals surface area contributed by atoms with Crippen LogP contribution in [-0.2, 0) is 4.79 Å². The van der Waals surface area contributed by atoms with Crippen LogP contribution in [0.3, 0.4) is 0 Å². The summed E-state index contributed by atoms with van der Waals surface area (Å²) in [5.41, 5.74) is 1.83. The van der Waals surface area contributed by atoms with Gasteiger partial charge in [0, 0.05) is 25.4 Å². The third-order valence-electron chi connectivity index (χ3n) is 4.51. The van der Waals surface area contributed by atoms with Crippen LogP contribution in [0, 0.1) is 6.92 Å². The molecule has 1 aliphatic heterocycles. The number of rotatable bonds is 3. The van der Waals surface area contributed by atoms with E-state index in [2.05, 4.69) is 10.4 Å². The Hall–Kier alpha value is -2.34. The summed E-state index contributed by atoms with van der Waals surface area (Å²) in [7, 11) is 1.59. The fourth-order valence-corrected chi connectivity index (χ4v) is 3.40. The number of likely N-dealkylation sites (tertiary alicyclic amines) is 1. The Bertz CT molecular complexity index is 802. The van der Waals surface area contributed by atoms with Crippen LogP contribution in [0.25, 0.3) is 5.69 Å². The number of aryl methyl sites for hydroxylation is 1. The van der Waals surface area contributed by atoms with E-state index in [9.17, 15) is 9.59 Å². The lowest BCUT2D eigenvalue weighted by Crippen LogP contribution is -2.51. The summed E-state index contributed by atoms with van der Waals surface area (Å²) in [6.07, 6.45) is 4.29. The predicted octanol–water partition coefficient (Wildman–Crippen LogP) is 2.57. The molecule has 7 heteroatoms. The summed E-state index contributed by atoms with van der Waals surface area (Å²) in [5, 5.41) is 7.65. The second-order valence-electron chi connectivity index (χ2n) is 6.18. The molecule has 2 amide bonds. The molecule has 0 spiro atoms. The molecule has 1 N–H and O–H groups in total. The number of likely N-dealkylation sites (N-methyl/N-ethyl adjacent to an activating group) is 1. The number of nitrogens with zero attached hydrogens (tertiary/aromatic N) is 3. The van der Waals surface area contributed by atoms with Crippen LogP contribution in [0.5, 0.6) is 0 Å². The summed E-state index contributed by atoms with van der Waals surface area (Å²) in [5.74, 6) is -0.340. The van der Waals surface area contributed by atoms with Crippen molar-refractivity contribution in [1.29, 1.82) is 0 Å². The van der Waals surface area contributed by atoms with Crippen LogP contribution < -0.4 is 5.32 Å². The molecule has 1 aliphatic rings. The normalized spacial score (nSPS) is 17.4. The summed E-state index contributed by atoms with van der Waals surface area (Å²) in [6, 6.07) is 6.90. The van der Waals surface area contributed by atoms with E-state index in [-0.39, 0.29) is 11.8 Å². The van der Waals surface area contributed by atoms with Gasteiger partial charge in [-0.15, -0.1) is 0 Å². The van der Waals surface area contributed by atoms with E-state index in [0.29, 0.717) is 29.4 Å². The van der Waals surface area contributed by atoms with Crippen molar-refractivity contribution >= 4 is 23.4 Å². The first kappa shape index (κ1) is 17.5. The van der Waals surface area contributed by atoms with Crippen LogP contribution in [0.15, 0.2) is 30.5 Å². The van der Waals surface area contributed by atoms with E-state index in [1.54, 1.807) is 28.9 Å². The zero-order chi connectivity index (χ0) is 18.0. The number of hydrogen-bond acceptors (Lipinski definition) is 3. The van der Waals surface area contributed by atoms with Gasteiger partial charge in [-0.25, -0.2) is 4.68 Å². The maximum atomic E-state index is 13.0. The first-order valence-electron chi connectivity index (χ1n) is 8.36. The molecule has 3 rings (SSSR count). The zero-order valence-corrected chi connectivity index (χ0v) is 15.1. The van der Waals surface area contributed by atoms with Gasteiger partial charge in [-0.1, -0.05) is 23.7 Å². The monoisotopic (exact) mass is 360 g/mol. The number of aromatic nitrogens is 2. The number of amides is 2. The smallest absolute Gasteiger partial charge is 0.275 e. The SMILES string of the molecule is CNC(=O)C1CCCCN1C(=O)c1nn(-c2ccccc2Cl)cc1C. The lowest BCUT2D eigenvalue weighted by molar-refractivity contribution is -0.126. The molecule has 0 radical (unpaired) electrons. The number of carbonyl (C=O) groups is 2. The summed E-state index contributed by atoms with van der Waals surface area (Å²) >= 11 is 6.22. The zero-order valence-electron chi connectivity index (χ0n) is 14.3. The third-order valence-corrected chi connectivity index (χ3v) is 4.83. The highest BCUT2D eigenvalue weighted by Crippen LogP contribution is 2.23. The molecule has 25 heavy (non-hydrogen) atoms. The molecule has 1 aromatic heterocycles. The Kier molecular flexibility index (Phi) is 5.08. The van der Waals surface area contributed by atoms with Crippen molar-refractivity contribution in [3.8, 4) is 5.69 Å². The molecule has 132 valence electrons. The molecule has 1 saturated heterocycles. The van der Waals surface area contributed by atoms with E-state index < -0.39 is 6.04 Å². The molecular formula is C18H21ClN4O2. The number of piperidine rings is 1. The van der Waals surface area contributed by atoms with Gasteiger partial charge in [-0.05, 0) is 38.3 Å². The molecule has 0 saturated carbocycles. The number of nitrogens with one attached hydrogen (secondary N) is 1. The standard InChI is InChI=1S/C18H21ClN4O2/c1-12-11-23(14-8-4-3-7-13(14)19)21-16(12)18(25)22-10-6-5-9-15(22)17(24)20-2/h3-4,7-8,11,15H,5-6,9-10H2,1-2H3,(H,20,24). The van der Waals surface area contributed by atoms with Gasteiger partial charge >= 0.3 is 0 Å². The van der Waals surface area contributed by atoms with Gasteiger partial charge in [0.2, 0.25) is 5.91 Å². The highest BCUT2D eigenvalue weighted by atomic mass is 35.5. The maximum absolute atomic E-state index is 13.0. The Morgan fingerprint density at radius 3 is 2.76 bits per heavy atom. The number of hydrogen-bond donors (Lipinski definition) is 1. The number of benzene rings is 1. The van der Waals surface area contributed by atoms with Gasteiger partial charge in [-0.2, -0.15) is 5.10 Å². The Morgan fingerprint density at radius 2 is 2.04 bits per heavy atom. The first-order valence-corrected chi connectivity index (χ1v) is 8.74. The summed E-state index contributed by atoms with van der Waals surface area (Å²) in [4.78, 5) is 26.8. The lowest BCUT2D eigenvalue weighted by atomic mass is 10.0. The van der Waals surface area contributed by atoms with E-state index in [1.165, 1.54) is 0 Å². The minimum Gasteiger partial charge on any atom is -0.357 e. The van der Waals surface area contributed by atoms with Crippen molar-refractivity contribution in [2.24, 2.45) is 0 Å². The van der Waals surface area contributed by atoms with E-state index in [1.807, 2.05) is 25.1 Å². The van der Waals surface area contributed by atoms with E-state index in [4.69, 9.17) is 11.6 Å². The van der Waals surface area contributed by atoms with Gasteiger partial charge in [-0.3, -0.25) is 9.59 Å². The van der Waals surface area contributed by atoms with Crippen molar-refractivity contribution in [2.45, 2.75) is 32.2 Å². The number of halogens is 1. The molecule has 6 nitrogen and oxygen atoms in total. The fraction of sp³-hybridized carbons (Fsp3) is 0.389. The van der Waals surface area contributed by atoms with Gasteiger partial charge in [0.05, 0.1) is 10.7 Å². The van der Waals surface area contributed by atoms with Gasteiger partial charge in [0.1, 0.15) is 6.04 Å². The fourth-order valence-electron chi connectivity index (χ4n) is 3.18. The topological polar surface area (TPSA) is 67.2 Å². The lowest BCUT2D eigenvalue weighted by Gasteiger charge is -2.34. The second-order valence-corrected chi connectivity index (χ2v) is 6.59. The quantitative estimate of drug-likeness (QED) is 0.914. The largest absolute Gasteiger partial charge is 0.357 e. The molecule has 1 atom stereocenters. The van der Waals surface area contributed by atoms with Crippen LogP contribution in [-0.4, -0.2) is 46.1 Å². The summed E-state index contributed by atoms with van der Waals surface area (Å²) < 4.78 is 1.61. The van der Waals surface area contributed by atoms with E-state index >= 15 is 0 Å². The van der Waals surface area contributed by atoms with Crippen LogP contribution in [0.2, 0.25) is 5.02 Å². The molecular weight excluding hydrogens is 340 g/mol.